The summed E-state index contributed by atoms with van der Waals surface area (Å²) in [5.41, 5.74) is 5.25. The van der Waals surface area contributed by atoms with Gasteiger partial charge in [0, 0.05) is 18.7 Å². The summed E-state index contributed by atoms with van der Waals surface area (Å²) >= 11 is 0. The molecule has 1 aliphatic heterocycles. The molecule has 4 rings (SSSR count). The van der Waals surface area contributed by atoms with E-state index < -0.39 is 5.54 Å². The smallest absolute Gasteiger partial charge is 0.182 e. The maximum atomic E-state index is 13.3. The highest BCUT2D eigenvalue weighted by molar-refractivity contribution is 6.03. The van der Waals surface area contributed by atoms with E-state index in [1.165, 1.54) is 22.3 Å². The molecule has 0 aromatic heterocycles. The van der Waals surface area contributed by atoms with Crippen molar-refractivity contribution < 1.29 is 14.3 Å². The molecule has 1 heterocycles. The van der Waals surface area contributed by atoms with E-state index in [9.17, 15) is 4.79 Å². The second-order valence-electron chi connectivity index (χ2n) is 7.79. The molecule has 4 heteroatoms. The fraction of sp³-hybridized carbons (Fsp3) is 0.435. The predicted octanol–water partition coefficient (Wildman–Crippen LogP) is 3.95. The van der Waals surface area contributed by atoms with Gasteiger partial charge in [0.25, 0.3) is 0 Å². The Hall–Kier alpha value is -2.17. The number of ether oxygens (including phenoxy) is 2. The summed E-state index contributed by atoms with van der Waals surface area (Å²) in [6, 6.07) is 12.4. The number of carbonyl (C=O) groups is 1. The van der Waals surface area contributed by atoms with Crippen LogP contribution in [0.1, 0.15) is 42.3 Å². The van der Waals surface area contributed by atoms with Gasteiger partial charge in [0.1, 0.15) is 5.75 Å². The largest absolute Gasteiger partial charge is 0.494 e. The van der Waals surface area contributed by atoms with Gasteiger partial charge in [0.05, 0.1) is 25.4 Å². The molecular formula is C23H27NO3. The van der Waals surface area contributed by atoms with Crippen LogP contribution in [0.4, 0.5) is 0 Å². The topological polar surface area (TPSA) is 38.8 Å². The first kappa shape index (κ1) is 18.2. The van der Waals surface area contributed by atoms with Crippen LogP contribution in [0.5, 0.6) is 5.75 Å². The Morgan fingerprint density at radius 1 is 1.07 bits per heavy atom. The molecule has 4 nitrogen and oxygen atoms in total. The Morgan fingerprint density at radius 2 is 1.74 bits per heavy atom. The SMILES string of the molecule is CCOc1ccc2c(c1)Cc1cc(C(=O)C(C)(C)N3CCOCC3)ccc1-2. The van der Waals surface area contributed by atoms with Gasteiger partial charge in [-0.05, 0) is 67.6 Å². The van der Waals surface area contributed by atoms with Gasteiger partial charge in [-0.2, -0.15) is 0 Å². The molecule has 0 atom stereocenters. The van der Waals surface area contributed by atoms with E-state index >= 15 is 0 Å². The highest BCUT2D eigenvalue weighted by Crippen LogP contribution is 2.39. The summed E-state index contributed by atoms with van der Waals surface area (Å²) in [5, 5.41) is 0. The fourth-order valence-electron chi connectivity index (χ4n) is 4.20. The molecule has 0 bridgehead atoms. The number of hydrogen-bond acceptors (Lipinski definition) is 4. The van der Waals surface area contributed by atoms with Crippen molar-refractivity contribution in [1.29, 1.82) is 0 Å². The monoisotopic (exact) mass is 365 g/mol. The summed E-state index contributed by atoms with van der Waals surface area (Å²) in [6.07, 6.45) is 0.852. The number of hydrogen-bond donors (Lipinski definition) is 0. The number of nitrogens with zero attached hydrogens (tertiary/aromatic N) is 1. The van der Waals surface area contributed by atoms with Crippen LogP contribution in [0.25, 0.3) is 11.1 Å². The Bertz CT molecular complexity index is 866. The summed E-state index contributed by atoms with van der Waals surface area (Å²) < 4.78 is 11.1. The lowest BCUT2D eigenvalue weighted by atomic mass is 9.89. The number of morpholine rings is 1. The molecular weight excluding hydrogens is 338 g/mol. The van der Waals surface area contributed by atoms with Gasteiger partial charge in [-0.1, -0.05) is 18.2 Å². The zero-order valence-corrected chi connectivity index (χ0v) is 16.4. The Labute approximate surface area is 161 Å². The molecule has 2 aliphatic rings. The zero-order chi connectivity index (χ0) is 19.0. The highest BCUT2D eigenvalue weighted by atomic mass is 16.5. The van der Waals surface area contributed by atoms with E-state index in [-0.39, 0.29) is 5.78 Å². The Morgan fingerprint density at radius 3 is 2.44 bits per heavy atom. The number of carbonyl (C=O) groups excluding carboxylic acids is 1. The standard InChI is InChI=1S/C23H27NO3/c1-4-27-19-6-8-21-18(15-19)14-17-13-16(5-7-20(17)21)22(25)23(2,3)24-9-11-26-12-10-24/h5-8,13,15H,4,9-12,14H2,1-3H3. The number of rotatable bonds is 5. The molecule has 0 saturated carbocycles. The van der Waals surface area contributed by atoms with Crippen molar-refractivity contribution in [2.24, 2.45) is 0 Å². The molecule has 1 fully saturated rings. The van der Waals surface area contributed by atoms with Crippen molar-refractivity contribution in [2.45, 2.75) is 32.7 Å². The van der Waals surface area contributed by atoms with Crippen LogP contribution < -0.4 is 4.74 Å². The number of Topliss-reactive ketones (excluding diaryl/α,β-unsaturated/α-hetero) is 1. The average Bonchev–Trinajstić information content (AvgIpc) is 3.05. The second kappa shape index (κ2) is 7.10. The Kier molecular flexibility index (Phi) is 4.79. The third-order valence-corrected chi connectivity index (χ3v) is 5.78. The van der Waals surface area contributed by atoms with E-state index in [4.69, 9.17) is 9.47 Å². The Balaban J connectivity index is 1.60. The normalized spacial score (nSPS) is 16.7. The molecule has 0 amide bonds. The molecule has 142 valence electrons. The van der Waals surface area contributed by atoms with Gasteiger partial charge in [-0.15, -0.1) is 0 Å². The van der Waals surface area contributed by atoms with Gasteiger partial charge in [0.2, 0.25) is 0 Å². The summed E-state index contributed by atoms with van der Waals surface area (Å²) in [5.74, 6) is 1.09. The number of ketones is 1. The molecule has 2 aromatic rings. The predicted molar refractivity (Wildman–Crippen MR) is 107 cm³/mol. The summed E-state index contributed by atoms with van der Waals surface area (Å²) in [7, 11) is 0. The van der Waals surface area contributed by atoms with Gasteiger partial charge in [0.15, 0.2) is 5.78 Å². The summed E-state index contributed by atoms with van der Waals surface area (Å²) in [6.45, 7) is 9.70. The van der Waals surface area contributed by atoms with Gasteiger partial charge < -0.3 is 9.47 Å². The number of fused-ring (bicyclic) bond motifs is 3. The van der Waals surface area contributed by atoms with Crippen LogP contribution in [0.3, 0.4) is 0 Å². The maximum absolute atomic E-state index is 13.3. The summed E-state index contributed by atoms with van der Waals surface area (Å²) in [4.78, 5) is 15.5. The molecule has 1 aliphatic carbocycles. The zero-order valence-electron chi connectivity index (χ0n) is 16.4. The fourth-order valence-corrected chi connectivity index (χ4v) is 4.20. The van der Waals surface area contributed by atoms with Crippen LogP contribution in [0.2, 0.25) is 0 Å². The van der Waals surface area contributed by atoms with Crippen molar-refractivity contribution in [1.82, 2.24) is 4.90 Å². The minimum Gasteiger partial charge on any atom is -0.494 e. The molecule has 2 aromatic carbocycles. The highest BCUT2D eigenvalue weighted by Gasteiger charge is 2.36. The van der Waals surface area contributed by atoms with Crippen molar-refractivity contribution in [3.8, 4) is 16.9 Å². The van der Waals surface area contributed by atoms with Crippen molar-refractivity contribution >= 4 is 5.78 Å². The van der Waals surface area contributed by atoms with Crippen LogP contribution in [-0.4, -0.2) is 49.1 Å². The van der Waals surface area contributed by atoms with Crippen LogP contribution in [0.15, 0.2) is 36.4 Å². The van der Waals surface area contributed by atoms with Crippen LogP contribution in [-0.2, 0) is 11.2 Å². The van der Waals surface area contributed by atoms with Gasteiger partial charge in [-0.3, -0.25) is 9.69 Å². The third-order valence-electron chi connectivity index (χ3n) is 5.78. The first-order chi connectivity index (χ1) is 13.0. The van der Waals surface area contributed by atoms with Crippen molar-refractivity contribution in [3.63, 3.8) is 0 Å². The van der Waals surface area contributed by atoms with Gasteiger partial charge in [-0.25, -0.2) is 0 Å². The maximum Gasteiger partial charge on any atom is 0.182 e. The minimum atomic E-state index is -0.522. The van der Waals surface area contributed by atoms with E-state index in [1.807, 2.05) is 32.9 Å². The second-order valence-corrected chi connectivity index (χ2v) is 7.79. The van der Waals surface area contributed by atoms with E-state index in [0.29, 0.717) is 19.8 Å². The molecule has 0 unspecified atom stereocenters. The van der Waals surface area contributed by atoms with Crippen molar-refractivity contribution in [2.75, 3.05) is 32.9 Å². The van der Waals surface area contributed by atoms with E-state index in [2.05, 4.69) is 29.2 Å². The van der Waals surface area contributed by atoms with Crippen molar-refractivity contribution in [3.05, 3.63) is 53.1 Å². The van der Waals surface area contributed by atoms with Gasteiger partial charge >= 0.3 is 0 Å². The molecule has 27 heavy (non-hydrogen) atoms. The quantitative estimate of drug-likeness (QED) is 0.642. The average molecular weight is 365 g/mol. The molecule has 0 N–H and O–H groups in total. The first-order valence-corrected chi connectivity index (χ1v) is 9.77. The van der Waals surface area contributed by atoms with Crippen LogP contribution in [0, 0.1) is 0 Å². The first-order valence-electron chi connectivity index (χ1n) is 9.77. The minimum absolute atomic E-state index is 0.179. The lowest BCUT2D eigenvalue weighted by Crippen LogP contribution is -2.54. The molecule has 1 saturated heterocycles. The lowest BCUT2D eigenvalue weighted by Gasteiger charge is -2.39. The number of benzene rings is 2. The lowest BCUT2D eigenvalue weighted by molar-refractivity contribution is -0.00430. The van der Waals surface area contributed by atoms with E-state index in [1.54, 1.807) is 0 Å². The third kappa shape index (κ3) is 3.28. The van der Waals surface area contributed by atoms with E-state index in [0.717, 1.165) is 30.8 Å². The molecule has 0 spiro atoms. The van der Waals surface area contributed by atoms with Crippen LogP contribution >= 0.6 is 0 Å². The molecule has 0 radical (unpaired) electrons.